The molecule has 4 aliphatic rings. The number of likely N-dealkylation sites (tertiary alicyclic amines) is 1. The van der Waals surface area contributed by atoms with Crippen molar-refractivity contribution in [1.29, 1.82) is 0 Å². The number of hydrogen-bond acceptors (Lipinski definition) is 5. The van der Waals surface area contributed by atoms with Crippen LogP contribution in [0.2, 0.25) is 0 Å². The van der Waals surface area contributed by atoms with Crippen LogP contribution in [0.25, 0.3) is 0 Å². The highest BCUT2D eigenvalue weighted by molar-refractivity contribution is 6.05. The molecule has 0 radical (unpaired) electrons. The van der Waals surface area contributed by atoms with E-state index in [0.717, 1.165) is 41.7 Å². The largest absolute Gasteiger partial charge is 0.416 e. The highest BCUT2D eigenvalue weighted by Gasteiger charge is 2.56. The SMILES string of the molecule is O=C1CCC(N2Cc3cc(C4(O)CCN(Cc5ccc(C(F)(F)F)cc5)C5(CC5)C4)ccc3C2=O)C(=O)N1. The zero-order valence-electron chi connectivity index (χ0n) is 20.7. The first kappa shape index (κ1) is 25.1. The minimum Gasteiger partial charge on any atom is -0.385 e. The van der Waals surface area contributed by atoms with E-state index in [1.807, 2.05) is 6.07 Å². The molecule has 3 heterocycles. The summed E-state index contributed by atoms with van der Waals surface area (Å²) in [4.78, 5) is 40.6. The van der Waals surface area contributed by atoms with Crippen LogP contribution in [0, 0.1) is 0 Å². The Morgan fingerprint density at radius 2 is 1.76 bits per heavy atom. The number of nitrogens with one attached hydrogen (secondary N) is 1. The molecule has 2 aromatic carbocycles. The van der Waals surface area contributed by atoms with Crippen LogP contribution in [0.4, 0.5) is 13.2 Å². The van der Waals surface area contributed by atoms with Crippen molar-refractivity contribution < 1.29 is 32.7 Å². The van der Waals surface area contributed by atoms with Crippen molar-refractivity contribution in [3.63, 3.8) is 0 Å². The molecule has 2 N–H and O–H groups in total. The van der Waals surface area contributed by atoms with Gasteiger partial charge in [-0.3, -0.25) is 24.6 Å². The summed E-state index contributed by atoms with van der Waals surface area (Å²) in [6, 6.07) is 9.93. The summed E-state index contributed by atoms with van der Waals surface area (Å²) < 4.78 is 38.8. The van der Waals surface area contributed by atoms with Crippen LogP contribution in [0.5, 0.6) is 0 Å². The lowest BCUT2D eigenvalue weighted by Crippen LogP contribution is -2.52. The van der Waals surface area contributed by atoms with Gasteiger partial charge in [0.1, 0.15) is 6.04 Å². The van der Waals surface area contributed by atoms with E-state index in [9.17, 15) is 32.7 Å². The van der Waals surface area contributed by atoms with Crippen molar-refractivity contribution >= 4 is 17.7 Å². The van der Waals surface area contributed by atoms with Crippen LogP contribution >= 0.6 is 0 Å². The Kier molecular flexibility index (Phi) is 5.70. The number of halogens is 3. The van der Waals surface area contributed by atoms with Gasteiger partial charge in [0.05, 0.1) is 11.2 Å². The van der Waals surface area contributed by atoms with Crippen molar-refractivity contribution in [3.8, 4) is 0 Å². The summed E-state index contributed by atoms with van der Waals surface area (Å²) in [5.41, 5.74) is 0.831. The van der Waals surface area contributed by atoms with E-state index in [-0.39, 0.29) is 30.3 Å². The van der Waals surface area contributed by atoms with Crippen molar-refractivity contribution in [2.45, 2.75) is 75.0 Å². The monoisotopic (exact) mass is 527 g/mol. The van der Waals surface area contributed by atoms with Gasteiger partial charge in [-0.25, -0.2) is 0 Å². The van der Waals surface area contributed by atoms with Crippen molar-refractivity contribution in [3.05, 3.63) is 70.3 Å². The van der Waals surface area contributed by atoms with Gasteiger partial charge in [0.15, 0.2) is 0 Å². The van der Waals surface area contributed by atoms with E-state index in [4.69, 9.17) is 0 Å². The molecule has 3 aliphatic heterocycles. The normalized spacial score (nSPS) is 27.0. The molecule has 7 nitrogen and oxygen atoms in total. The summed E-state index contributed by atoms with van der Waals surface area (Å²) in [6.45, 7) is 1.36. The topological polar surface area (TPSA) is 90.0 Å². The number of alkyl halides is 3. The molecule has 3 amide bonds. The molecule has 6 rings (SSSR count). The van der Waals surface area contributed by atoms with Crippen LogP contribution in [-0.4, -0.2) is 50.8 Å². The Morgan fingerprint density at radius 3 is 2.42 bits per heavy atom. The van der Waals surface area contributed by atoms with Crippen LogP contribution < -0.4 is 5.32 Å². The van der Waals surface area contributed by atoms with Crippen LogP contribution in [0.1, 0.15) is 71.1 Å². The molecule has 1 saturated carbocycles. The zero-order chi connectivity index (χ0) is 26.9. The average molecular weight is 528 g/mol. The molecule has 1 aliphatic carbocycles. The van der Waals surface area contributed by atoms with Crippen LogP contribution in [0.15, 0.2) is 42.5 Å². The Labute approximate surface area is 217 Å². The quantitative estimate of drug-likeness (QED) is 0.595. The number of nitrogens with zero attached hydrogens (tertiary/aromatic N) is 2. The van der Waals surface area contributed by atoms with Crippen molar-refractivity contribution in [2.75, 3.05) is 6.54 Å². The molecule has 2 saturated heterocycles. The number of aliphatic hydroxyl groups is 1. The number of benzene rings is 2. The molecule has 0 bridgehead atoms. The molecule has 0 aromatic heterocycles. The van der Waals surface area contributed by atoms with Gasteiger partial charge in [-0.1, -0.05) is 24.3 Å². The number of carbonyl (C=O) groups is 3. The number of rotatable bonds is 4. The van der Waals surface area contributed by atoms with Crippen molar-refractivity contribution in [1.82, 2.24) is 15.1 Å². The Bertz CT molecular complexity index is 1320. The van der Waals surface area contributed by atoms with Crippen molar-refractivity contribution in [2.24, 2.45) is 0 Å². The summed E-state index contributed by atoms with van der Waals surface area (Å²) in [5.74, 6) is -1.05. The maximum atomic E-state index is 13.0. The van der Waals surface area contributed by atoms with Gasteiger partial charge in [0.2, 0.25) is 11.8 Å². The molecule has 2 aromatic rings. The third-order valence-corrected chi connectivity index (χ3v) is 8.63. The minimum absolute atomic E-state index is 0.187. The van der Waals surface area contributed by atoms with E-state index < -0.39 is 29.3 Å². The summed E-state index contributed by atoms with van der Waals surface area (Å²) >= 11 is 0. The molecule has 3 fully saturated rings. The van der Waals surface area contributed by atoms with Gasteiger partial charge >= 0.3 is 6.18 Å². The Hall–Kier alpha value is -3.24. The highest BCUT2D eigenvalue weighted by Crippen LogP contribution is 2.54. The number of piperidine rings is 2. The second-order valence-corrected chi connectivity index (χ2v) is 11.1. The molecular formula is C28H28F3N3O4. The lowest BCUT2D eigenvalue weighted by Gasteiger charge is -2.45. The fraction of sp³-hybridized carbons (Fsp3) is 0.464. The number of amides is 3. The lowest BCUT2D eigenvalue weighted by molar-refractivity contribution is -0.138. The Morgan fingerprint density at radius 1 is 1.03 bits per heavy atom. The van der Waals surface area contributed by atoms with Gasteiger partial charge in [-0.15, -0.1) is 0 Å². The molecule has 2 unspecified atom stereocenters. The van der Waals surface area contributed by atoms with Gasteiger partial charge in [-0.05, 0) is 67.0 Å². The standard InChI is InChI=1S/C28H28F3N3O4/c29-28(30,31)19-3-1-17(2-4-19)14-33-12-11-27(38,16-26(33)9-10-26)20-5-6-21-18(13-20)15-34(25(21)37)22-7-8-23(35)32-24(22)36/h1-6,13,22,38H,7-12,14-16H2,(H,32,35,36). The smallest absolute Gasteiger partial charge is 0.385 e. The molecule has 200 valence electrons. The number of fused-ring (bicyclic) bond motifs is 1. The first-order valence-corrected chi connectivity index (χ1v) is 12.9. The number of hydrogen-bond donors (Lipinski definition) is 2. The van der Waals surface area contributed by atoms with Gasteiger partial charge in [-0.2, -0.15) is 13.2 Å². The van der Waals surface area contributed by atoms with Gasteiger partial charge in [0.25, 0.3) is 5.91 Å². The maximum absolute atomic E-state index is 13.0. The third kappa shape index (κ3) is 4.29. The predicted molar refractivity (Wildman–Crippen MR) is 129 cm³/mol. The van der Waals surface area contributed by atoms with Crippen LogP contribution in [0.3, 0.4) is 0 Å². The fourth-order valence-electron chi connectivity index (χ4n) is 6.32. The zero-order valence-corrected chi connectivity index (χ0v) is 20.7. The summed E-state index contributed by atoms with van der Waals surface area (Å²) in [6.07, 6.45) is -1.11. The second kappa shape index (κ2) is 8.64. The molecule has 2 atom stereocenters. The third-order valence-electron chi connectivity index (χ3n) is 8.63. The molecule has 38 heavy (non-hydrogen) atoms. The first-order chi connectivity index (χ1) is 18.0. The lowest BCUT2D eigenvalue weighted by atomic mass is 9.78. The van der Waals surface area contributed by atoms with Gasteiger partial charge in [0, 0.05) is 37.2 Å². The molecular weight excluding hydrogens is 499 g/mol. The van der Waals surface area contributed by atoms with E-state index in [0.29, 0.717) is 37.9 Å². The Balaban J connectivity index is 1.17. The molecule has 10 heteroatoms. The fourth-order valence-corrected chi connectivity index (χ4v) is 6.32. The minimum atomic E-state index is -4.36. The van der Waals surface area contributed by atoms with E-state index >= 15 is 0 Å². The van der Waals surface area contributed by atoms with Gasteiger partial charge < -0.3 is 10.0 Å². The van der Waals surface area contributed by atoms with E-state index in [1.165, 1.54) is 17.0 Å². The number of imide groups is 1. The second-order valence-electron chi connectivity index (χ2n) is 11.1. The summed E-state index contributed by atoms with van der Waals surface area (Å²) in [5, 5.41) is 14.1. The van der Waals surface area contributed by atoms with Crippen LogP contribution in [-0.2, 0) is 34.5 Å². The highest BCUT2D eigenvalue weighted by atomic mass is 19.4. The van der Waals surface area contributed by atoms with E-state index in [2.05, 4.69) is 10.2 Å². The number of carbonyl (C=O) groups excluding carboxylic acids is 3. The first-order valence-electron chi connectivity index (χ1n) is 12.9. The summed E-state index contributed by atoms with van der Waals surface area (Å²) in [7, 11) is 0. The average Bonchev–Trinajstić information content (AvgIpc) is 3.55. The molecule has 1 spiro atoms. The van der Waals surface area contributed by atoms with E-state index in [1.54, 1.807) is 12.1 Å². The maximum Gasteiger partial charge on any atom is 0.416 e. The predicted octanol–water partition coefficient (Wildman–Crippen LogP) is 3.48.